The van der Waals surface area contributed by atoms with Crippen LogP contribution >= 0.6 is 0 Å². The topological polar surface area (TPSA) is 41.9 Å². The molecule has 0 atom stereocenters. The van der Waals surface area contributed by atoms with Crippen LogP contribution in [0.2, 0.25) is 0 Å². The number of likely N-dealkylation sites (tertiary alicyclic amines) is 1. The molecule has 1 fully saturated rings. The van der Waals surface area contributed by atoms with Gasteiger partial charge in [0.1, 0.15) is 0 Å². The number of phenolic OH excluding ortho intramolecular Hbond substituents is 1. The van der Waals surface area contributed by atoms with E-state index in [9.17, 15) is 5.11 Å². The summed E-state index contributed by atoms with van der Waals surface area (Å²) in [4.78, 5) is 2.46. The molecule has 1 aliphatic heterocycles. The highest BCUT2D eigenvalue weighted by Gasteiger charge is 2.37. The van der Waals surface area contributed by atoms with Gasteiger partial charge in [-0.05, 0) is 54.8 Å². The van der Waals surface area contributed by atoms with Gasteiger partial charge >= 0.3 is 0 Å². The van der Waals surface area contributed by atoms with Gasteiger partial charge in [0.25, 0.3) is 0 Å². The molecule has 0 aromatic heterocycles. The standard InChI is InChI=1S/C22H25NO3/c1-25-19-13-16(14-20(26-2)21(19)24)15-23-11-9-22(10-12-23)8-7-17-5-3-4-6-18(17)22/h3-8,13-14,24H,9-12,15H2,1-2H3. The summed E-state index contributed by atoms with van der Waals surface area (Å²) in [6.07, 6.45) is 6.95. The lowest BCUT2D eigenvalue weighted by atomic mass is 9.74. The van der Waals surface area contributed by atoms with Crippen LogP contribution in [0.5, 0.6) is 17.2 Å². The van der Waals surface area contributed by atoms with E-state index in [1.165, 1.54) is 11.1 Å². The van der Waals surface area contributed by atoms with E-state index in [0.717, 1.165) is 38.0 Å². The number of phenols is 1. The highest BCUT2D eigenvalue weighted by atomic mass is 16.5. The second-order valence-electron chi connectivity index (χ2n) is 7.20. The second-order valence-corrected chi connectivity index (χ2v) is 7.20. The van der Waals surface area contributed by atoms with Crippen molar-refractivity contribution in [3.63, 3.8) is 0 Å². The van der Waals surface area contributed by atoms with Gasteiger partial charge in [0.2, 0.25) is 5.75 Å². The summed E-state index contributed by atoms with van der Waals surface area (Å²) in [6, 6.07) is 12.5. The number of ether oxygens (including phenoxy) is 2. The first-order valence-corrected chi connectivity index (χ1v) is 9.10. The molecule has 26 heavy (non-hydrogen) atoms. The molecule has 1 N–H and O–H groups in total. The average Bonchev–Trinajstić information content (AvgIpc) is 3.03. The molecule has 0 unspecified atom stereocenters. The first kappa shape index (κ1) is 17.0. The maximum Gasteiger partial charge on any atom is 0.200 e. The highest BCUT2D eigenvalue weighted by molar-refractivity contribution is 5.65. The normalized spacial score (nSPS) is 18.1. The molecule has 0 radical (unpaired) electrons. The number of benzene rings is 2. The molecule has 136 valence electrons. The number of rotatable bonds is 4. The number of methoxy groups -OCH3 is 2. The summed E-state index contributed by atoms with van der Waals surface area (Å²) in [5, 5.41) is 10.1. The smallest absolute Gasteiger partial charge is 0.200 e. The van der Waals surface area contributed by atoms with Crippen LogP contribution in [-0.2, 0) is 12.0 Å². The van der Waals surface area contributed by atoms with E-state index < -0.39 is 0 Å². The maximum atomic E-state index is 10.1. The largest absolute Gasteiger partial charge is 0.502 e. The van der Waals surface area contributed by atoms with Gasteiger partial charge in [-0.3, -0.25) is 4.90 Å². The van der Waals surface area contributed by atoms with Gasteiger partial charge in [-0.2, -0.15) is 0 Å². The molecule has 2 aromatic carbocycles. The molecule has 1 spiro atoms. The minimum atomic E-state index is 0.0593. The van der Waals surface area contributed by atoms with E-state index in [0.29, 0.717) is 11.5 Å². The lowest BCUT2D eigenvalue weighted by Crippen LogP contribution is -2.40. The van der Waals surface area contributed by atoms with Crippen LogP contribution in [0.25, 0.3) is 6.08 Å². The molecule has 1 saturated heterocycles. The summed E-state index contributed by atoms with van der Waals surface area (Å²) in [6.45, 7) is 2.92. The minimum absolute atomic E-state index is 0.0593. The van der Waals surface area contributed by atoms with Crippen molar-refractivity contribution in [1.82, 2.24) is 4.90 Å². The molecule has 2 aliphatic rings. The molecule has 4 rings (SSSR count). The fourth-order valence-corrected chi connectivity index (χ4v) is 4.28. The van der Waals surface area contributed by atoms with Crippen molar-refractivity contribution in [2.24, 2.45) is 0 Å². The van der Waals surface area contributed by atoms with Crippen molar-refractivity contribution in [2.45, 2.75) is 24.8 Å². The van der Waals surface area contributed by atoms with E-state index in [1.54, 1.807) is 14.2 Å². The van der Waals surface area contributed by atoms with Crippen molar-refractivity contribution in [3.8, 4) is 17.2 Å². The van der Waals surface area contributed by atoms with Gasteiger partial charge in [0.15, 0.2) is 11.5 Å². The Balaban J connectivity index is 1.48. The molecule has 1 aliphatic carbocycles. The first-order valence-electron chi connectivity index (χ1n) is 9.10. The highest BCUT2D eigenvalue weighted by Crippen LogP contribution is 2.44. The van der Waals surface area contributed by atoms with E-state index >= 15 is 0 Å². The average molecular weight is 351 g/mol. The predicted molar refractivity (Wildman–Crippen MR) is 103 cm³/mol. The molecule has 0 amide bonds. The number of nitrogens with zero attached hydrogens (tertiary/aromatic N) is 1. The number of aromatic hydroxyl groups is 1. The van der Waals surface area contributed by atoms with E-state index in [4.69, 9.17) is 9.47 Å². The van der Waals surface area contributed by atoms with Crippen LogP contribution in [0.4, 0.5) is 0 Å². The summed E-state index contributed by atoms with van der Waals surface area (Å²) in [5.74, 6) is 0.977. The van der Waals surface area contributed by atoms with Crippen LogP contribution in [0, 0.1) is 0 Å². The van der Waals surface area contributed by atoms with Crippen LogP contribution in [0.15, 0.2) is 42.5 Å². The summed E-state index contributed by atoms with van der Waals surface area (Å²) < 4.78 is 10.5. The Morgan fingerprint density at radius 1 is 1.04 bits per heavy atom. The number of piperidine rings is 1. The number of fused-ring (bicyclic) bond motifs is 2. The third-order valence-electron chi connectivity index (χ3n) is 5.77. The maximum absolute atomic E-state index is 10.1. The Hall–Kier alpha value is -2.46. The monoisotopic (exact) mass is 351 g/mol. The van der Waals surface area contributed by atoms with Gasteiger partial charge in [0.05, 0.1) is 14.2 Å². The number of hydrogen-bond donors (Lipinski definition) is 1. The van der Waals surface area contributed by atoms with Crippen LogP contribution in [0.1, 0.15) is 29.5 Å². The van der Waals surface area contributed by atoms with Gasteiger partial charge in [-0.25, -0.2) is 0 Å². The number of allylic oxidation sites excluding steroid dienone is 1. The Kier molecular flexibility index (Phi) is 4.37. The molecule has 0 bridgehead atoms. The molecule has 2 aromatic rings. The molecular weight excluding hydrogens is 326 g/mol. The third-order valence-corrected chi connectivity index (χ3v) is 5.77. The first-order chi connectivity index (χ1) is 12.6. The fourth-order valence-electron chi connectivity index (χ4n) is 4.28. The van der Waals surface area contributed by atoms with Crippen LogP contribution in [0.3, 0.4) is 0 Å². The second kappa shape index (κ2) is 6.69. The molecular formula is C22H25NO3. The van der Waals surface area contributed by atoms with E-state index in [1.807, 2.05) is 12.1 Å². The van der Waals surface area contributed by atoms with Crippen LogP contribution in [-0.4, -0.2) is 37.3 Å². The zero-order chi connectivity index (χ0) is 18.1. The lowest BCUT2D eigenvalue weighted by Gasteiger charge is -2.39. The fraction of sp³-hybridized carbons (Fsp3) is 0.364. The predicted octanol–water partition coefficient (Wildman–Crippen LogP) is 3.97. The van der Waals surface area contributed by atoms with Crippen molar-refractivity contribution in [3.05, 3.63) is 59.2 Å². The quantitative estimate of drug-likeness (QED) is 0.905. The van der Waals surface area contributed by atoms with Gasteiger partial charge < -0.3 is 14.6 Å². The van der Waals surface area contributed by atoms with Gasteiger partial charge in [0, 0.05) is 12.0 Å². The Morgan fingerprint density at radius 2 is 1.69 bits per heavy atom. The van der Waals surface area contributed by atoms with Gasteiger partial charge in [-0.15, -0.1) is 0 Å². The van der Waals surface area contributed by atoms with Crippen molar-refractivity contribution >= 4 is 6.08 Å². The zero-order valence-corrected chi connectivity index (χ0v) is 15.4. The minimum Gasteiger partial charge on any atom is -0.502 e. The molecule has 4 heteroatoms. The molecule has 1 heterocycles. The molecule has 0 saturated carbocycles. The zero-order valence-electron chi connectivity index (χ0n) is 15.4. The SMILES string of the molecule is COc1cc(CN2CCC3(C=Cc4ccccc43)CC2)cc(OC)c1O. The lowest BCUT2D eigenvalue weighted by molar-refractivity contribution is 0.177. The van der Waals surface area contributed by atoms with E-state index in [-0.39, 0.29) is 11.2 Å². The summed E-state index contributed by atoms with van der Waals surface area (Å²) in [5.41, 5.74) is 4.15. The third kappa shape index (κ3) is 2.84. The van der Waals surface area contributed by atoms with Gasteiger partial charge in [-0.1, -0.05) is 36.4 Å². The number of hydrogen-bond acceptors (Lipinski definition) is 4. The van der Waals surface area contributed by atoms with Crippen molar-refractivity contribution in [2.75, 3.05) is 27.3 Å². The Labute approximate surface area is 154 Å². The Bertz CT molecular complexity index is 810. The molecule has 4 nitrogen and oxygen atoms in total. The van der Waals surface area contributed by atoms with E-state index in [2.05, 4.69) is 41.3 Å². The summed E-state index contributed by atoms with van der Waals surface area (Å²) >= 11 is 0. The van der Waals surface area contributed by atoms with Crippen molar-refractivity contribution < 1.29 is 14.6 Å². The summed E-state index contributed by atoms with van der Waals surface area (Å²) in [7, 11) is 3.12. The van der Waals surface area contributed by atoms with Crippen LogP contribution < -0.4 is 9.47 Å². The Morgan fingerprint density at radius 3 is 2.35 bits per heavy atom. The van der Waals surface area contributed by atoms with Crippen molar-refractivity contribution in [1.29, 1.82) is 0 Å².